The molecule has 0 amide bonds. The zero-order valence-electron chi connectivity index (χ0n) is 10.9. The Bertz CT molecular complexity index is 211. The van der Waals surface area contributed by atoms with E-state index < -0.39 is 18.0 Å². The highest BCUT2D eigenvalue weighted by Gasteiger charge is 2.29. The van der Waals surface area contributed by atoms with Crippen molar-refractivity contribution in [2.45, 2.75) is 38.7 Å². The Kier molecular flexibility index (Phi) is 6.60. The summed E-state index contributed by atoms with van der Waals surface area (Å²) in [5, 5.41) is 19.0. The van der Waals surface area contributed by atoms with Crippen LogP contribution in [-0.2, 0) is 4.79 Å². The lowest BCUT2D eigenvalue weighted by Gasteiger charge is -2.29. The SMILES string of the molecule is CCCCCC(C(=O)O)C(O)C[N+](C)(C)C. The molecule has 2 atom stereocenters. The largest absolute Gasteiger partial charge is 0.481 e. The number of rotatable bonds is 8. The summed E-state index contributed by atoms with van der Waals surface area (Å²) in [6, 6.07) is 0. The van der Waals surface area contributed by atoms with Gasteiger partial charge in [0.25, 0.3) is 0 Å². The molecule has 0 aliphatic carbocycles. The summed E-state index contributed by atoms with van der Waals surface area (Å²) in [5.41, 5.74) is 0. The molecule has 4 heteroatoms. The number of unbranched alkanes of at least 4 members (excludes halogenated alkanes) is 2. The first-order valence-corrected chi connectivity index (χ1v) is 5.99. The number of carbonyl (C=O) groups is 1. The molecule has 0 saturated carbocycles. The van der Waals surface area contributed by atoms with E-state index in [1.54, 1.807) is 0 Å². The topological polar surface area (TPSA) is 57.5 Å². The Hall–Kier alpha value is -0.610. The second-order valence-electron chi connectivity index (χ2n) is 5.48. The molecule has 0 saturated heterocycles. The average Bonchev–Trinajstić information content (AvgIpc) is 2.08. The van der Waals surface area contributed by atoms with Crippen molar-refractivity contribution in [1.82, 2.24) is 0 Å². The molecule has 0 aromatic rings. The van der Waals surface area contributed by atoms with E-state index in [9.17, 15) is 9.90 Å². The average molecular weight is 232 g/mol. The fraction of sp³-hybridized carbons (Fsp3) is 0.917. The van der Waals surface area contributed by atoms with Gasteiger partial charge in [-0.1, -0.05) is 26.2 Å². The van der Waals surface area contributed by atoms with Crippen molar-refractivity contribution in [3.05, 3.63) is 0 Å². The van der Waals surface area contributed by atoms with Crippen LogP contribution in [0.25, 0.3) is 0 Å². The van der Waals surface area contributed by atoms with E-state index in [4.69, 9.17) is 5.11 Å². The summed E-state index contributed by atoms with van der Waals surface area (Å²) in [4.78, 5) is 11.1. The van der Waals surface area contributed by atoms with Crippen LogP contribution in [0.1, 0.15) is 32.6 Å². The summed E-state index contributed by atoms with van der Waals surface area (Å²) in [7, 11) is 5.86. The van der Waals surface area contributed by atoms with Gasteiger partial charge in [-0.3, -0.25) is 4.79 Å². The van der Waals surface area contributed by atoms with Crippen molar-refractivity contribution >= 4 is 5.97 Å². The molecule has 0 radical (unpaired) electrons. The first-order valence-electron chi connectivity index (χ1n) is 5.99. The predicted octanol–water partition coefficient (Wildman–Crippen LogP) is 1.33. The van der Waals surface area contributed by atoms with Gasteiger partial charge in [0.1, 0.15) is 12.6 Å². The van der Waals surface area contributed by atoms with Crippen LogP contribution < -0.4 is 0 Å². The quantitative estimate of drug-likeness (QED) is 0.490. The Balaban J connectivity index is 4.24. The molecule has 2 unspecified atom stereocenters. The highest BCUT2D eigenvalue weighted by molar-refractivity contribution is 5.70. The smallest absolute Gasteiger partial charge is 0.309 e. The van der Waals surface area contributed by atoms with Gasteiger partial charge in [-0.25, -0.2) is 0 Å². The van der Waals surface area contributed by atoms with Crippen LogP contribution in [0.4, 0.5) is 0 Å². The van der Waals surface area contributed by atoms with Crippen LogP contribution in [0.3, 0.4) is 0 Å². The number of carboxylic acids is 1. The first kappa shape index (κ1) is 15.4. The van der Waals surface area contributed by atoms with Gasteiger partial charge in [-0.2, -0.15) is 0 Å². The van der Waals surface area contributed by atoms with E-state index in [2.05, 4.69) is 6.92 Å². The second-order valence-corrected chi connectivity index (χ2v) is 5.48. The molecule has 0 aromatic carbocycles. The summed E-state index contributed by atoms with van der Waals surface area (Å²) in [5.74, 6) is -1.50. The lowest BCUT2D eigenvalue weighted by atomic mass is 9.95. The van der Waals surface area contributed by atoms with Gasteiger partial charge in [-0.15, -0.1) is 0 Å². The predicted molar refractivity (Wildman–Crippen MR) is 64.2 cm³/mol. The molecule has 0 rings (SSSR count). The van der Waals surface area contributed by atoms with Gasteiger partial charge in [0.2, 0.25) is 0 Å². The van der Waals surface area contributed by atoms with Crippen LogP contribution in [0, 0.1) is 5.92 Å². The minimum Gasteiger partial charge on any atom is -0.481 e. The van der Waals surface area contributed by atoms with E-state index in [0.717, 1.165) is 19.3 Å². The van der Waals surface area contributed by atoms with E-state index in [1.807, 2.05) is 21.1 Å². The van der Waals surface area contributed by atoms with Crippen LogP contribution in [0.15, 0.2) is 0 Å². The fourth-order valence-corrected chi connectivity index (χ4v) is 1.78. The van der Waals surface area contributed by atoms with Crippen molar-refractivity contribution in [2.75, 3.05) is 27.7 Å². The number of nitrogens with zero attached hydrogens (tertiary/aromatic N) is 1. The van der Waals surface area contributed by atoms with Crippen LogP contribution >= 0.6 is 0 Å². The Labute approximate surface area is 98.5 Å². The minimum absolute atomic E-state index is 0.475. The maximum Gasteiger partial charge on any atom is 0.309 e. The zero-order valence-corrected chi connectivity index (χ0v) is 10.9. The number of hydrogen-bond acceptors (Lipinski definition) is 2. The number of hydrogen-bond donors (Lipinski definition) is 2. The van der Waals surface area contributed by atoms with Crippen LogP contribution in [0.5, 0.6) is 0 Å². The molecule has 0 aromatic heterocycles. The molecule has 2 N–H and O–H groups in total. The van der Waals surface area contributed by atoms with E-state index in [1.165, 1.54) is 0 Å². The molecule has 0 spiro atoms. The molecule has 0 aliphatic rings. The number of aliphatic hydroxyl groups excluding tert-OH is 1. The van der Waals surface area contributed by atoms with Gasteiger partial charge in [0.05, 0.1) is 27.1 Å². The maximum atomic E-state index is 11.1. The number of aliphatic hydroxyl groups is 1. The van der Waals surface area contributed by atoms with Crippen LogP contribution in [-0.4, -0.2) is 54.5 Å². The minimum atomic E-state index is -0.878. The third-order valence-corrected chi connectivity index (χ3v) is 2.64. The Morgan fingerprint density at radius 2 is 1.81 bits per heavy atom. The third kappa shape index (κ3) is 6.80. The molecular weight excluding hydrogens is 206 g/mol. The van der Waals surface area contributed by atoms with Gasteiger partial charge in [0.15, 0.2) is 0 Å². The van der Waals surface area contributed by atoms with E-state index in [-0.39, 0.29) is 0 Å². The Morgan fingerprint density at radius 1 is 1.25 bits per heavy atom. The summed E-state index contributed by atoms with van der Waals surface area (Å²) in [6.45, 7) is 2.56. The molecule has 96 valence electrons. The molecule has 0 fully saturated rings. The number of carboxylic acid groups (broad SMARTS) is 1. The molecule has 4 nitrogen and oxygen atoms in total. The summed E-state index contributed by atoms with van der Waals surface area (Å²) >= 11 is 0. The van der Waals surface area contributed by atoms with Crippen LogP contribution in [0.2, 0.25) is 0 Å². The van der Waals surface area contributed by atoms with E-state index in [0.29, 0.717) is 17.4 Å². The highest BCUT2D eigenvalue weighted by atomic mass is 16.4. The number of likely N-dealkylation sites (N-methyl/N-ethyl adjacent to an activating group) is 1. The van der Waals surface area contributed by atoms with Crippen molar-refractivity contribution in [3.63, 3.8) is 0 Å². The fourth-order valence-electron chi connectivity index (χ4n) is 1.78. The normalized spacial score (nSPS) is 15.8. The first-order chi connectivity index (χ1) is 7.28. The molecular formula is C12H26NO3+. The van der Waals surface area contributed by atoms with Gasteiger partial charge in [-0.05, 0) is 6.42 Å². The molecule has 0 heterocycles. The number of aliphatic carboxylic acids is 1. The van der Waals surface area contributed by atoms with Gasteiger partial charge in [0, 0.05) is 0 Å². The van der Waals surface area contributed by atoms with Crippen molar-refractivity contribution in [2.24, 2.45) is 5.92 Å². The van der Waals surface area contributed by atoms with Crippen molar-refractivity contribution in [3.8, 4) is 0 Å². The summed E-state index contributed by atoms with van der Waals surface area (Å²) < 4.78 is 0.582. The maximum absolute atomic E-state index is 11.1. The van der Waals surface area contributed by atoms with Crippen molar-refractivity contribution < 1.29 is 19.5 Å². The van der Waals surface area contributed by atoms with Crippen molar-refractivity contribution in [1.29, 1.82) is 0 Å². The van der Waals surface area contributed by atoms with Gasteiger partial charge < -0.3 is 14.7 Å². The molecule has 0 aliphatic heterocycles. The third-order valence-electron chi connectivity index (χ3n) is 2.64. The standard InChI is InChI=1S/C12H25NO3/c1-5-6-7-8-10(12(15)16)11(14)9-13(2,3)4/h10-11,14H,5-9H2,1-4H3/p+1. The highest BCUT2D eigenvalue weighted by Crippen LogP contribution is 2.16. The molecule has 0 bridgehead atoms. The Morgan fingerprint density at radius 3 is 2.19 bits per heavy atom. The van der Waals surface area contributed by atoms with E-state index >= 15 is 0 Å². The zero-order chi connectivity index (χ0) is 12.8. The lowest BCUT2D eigenvalue weighted by Crippen LogP contribution is -2.45. The molecule has 16 heavy (non-hydrogen) atoms. The monoisotopic (exact) mass is 232 g/mol. The summed E-state index contributed by atoms with van der Waals surface area (Å²) in [6.07, 6.45) is 2.79. The lowest BCUT2D eigenvalue weighted by molar-refractivity contribution is -0.874. The van der Waals surface area contributed by atoms with Gasteiger partial charge >= 0.3 is 5.97 Å². The second kappa shape index (κ2) is 6.86. The number of quaternary nitrogens is 1.